The molecule has 1 saturated carbocycles. The third-order valence-corrected chi connectivity index (χ3v) is 3.85. The van der Waals surface area contributed by atoms with Gasteiger partial charge < -0.3 is 0 Å². The summed E-state index contributed by atoms with van der Waals surface area (Å²) in [6.45, 7) is 7.34. The third-order valence-electron chi connectivity index (χ3n) is 3.85. The van der Waals surface area contributed by atoms with Gasteiger partial charge in [-0.25, -0.2) is 0 Å². The van der Waals surface area contributed by atoms with Crippen LogP contribution < -0.4 is 0 Å². The monoisotopic (exact) mass is 196 g/mol. The zero-order valence-electron chi connectivity index (χ0n) is 10.4. The van der Waals surface area contributed by atoms with Gasteiger partial charge in [0, 0.05) is 0 Å². The molecule has 14 heavy (non-hydrogen) atoms. The summed E-state index contributed by atoms with van der Waals surface area (Å²) in [4.78, 5) is 0. The second kappa shape index (κ2) is 5.78. The van der Waals surface area contributed by atoms with Crippen molar-refractivity contribution in [2.24, 2.45) is 11.3 Å². The fraction of sp³-hybridized carbons (Fsp3) is 1.00. The summed E-state index contributed by atoms with van der Waals surface area (Å²) in [5.41, 5.74) is 0.619. The van der Waals surface area contributed by atoms with Crippen LogP contribution >= 0.6 is 0 Å². The first-order valence-electron chi connectivity index (χ1n) is 6.60. The van der Waals surface area contributed by atoms with Crippen LogP contribution in [0.5, 0.6) is 0 Å². The van der Waals surface area contributed by atoms with Gasteiger partial charge in [-0.15, -0.1) is 0 Å². The highest BCUT2D eigenvalue weighted by Gasteiger charge is 2.17. The smallest absolute Gasteiger partial charge is 0.0354 e. The first-order valence-corrected chi connectivity index (χ1v) is 6.60. The van der Waals surface area contributed by atoms with Gasteiger partial charge in [-0.1, -0.05) is 65.7 Å². The minimum Gasteiger partial charge on any atom is -0.0625 e. The Morgan fingerprint density at radius 3 is 1.93 bits per heavy atom. The molecule has 1 aliphatic rings. The van der Waals surface area contributed by atoms with E-state index in [1.54, 1.807) is 0 Å². The van der Waals surface area contributed by atoms with E-state index in [1.165, 1.54) is 57.8 Å². The lowest BCUT2D eigenvalue weighted by Gasteiger charge is -2.24. The second-order valence-corrected chi connectivity index (χ2v) is 6.11. The Kier molecular flexibility index (Phi) is 4.98. The van der Waals surface area contributed by atoms with Crippen molar-refractivity contribution >= 4 is 0 Å². The molecule has 0 amide bonds. The molecule has 0 aliphatic heterocycles. The molecule has 84 valence electrons. The number of hydrogen-bond donors (Lipinski definition) is 0. The summed E-state index contributed by atoms with van der Waals surface area (Å²) in [6, 6.07) is 0. The van der Waals surface area contributed by atoms with E-state index in [4.69, 9.17) is 0 Å². The normalized spacial score (nSPS) is 30.6. The maximum absolute atomic E-state index is 2.45. The van der Waals surface area contributed by atoms with Gasteiger partial charge in [-0.05, 0) is 24.2 Å². The van der Waals surface area contributed by atoms with Gasteiger partial charge >= 0.3 is 0 Å². The molecule has 1 aliphatic carbocycles. The Morgan fingerprint density at radius 1 is 0.786 bits per heavy atom. The van der Waals surface area contributed by atoms with E-state index < -0.39 is 0 Å². The molecule has 1 rings (SSSR count). The average Bonchev–Trinajstić information content (AvgIpc) is 2.13. The Morgan fingerprint density at radius 2 is 1.29 bits per heavy atom. The van der Waals surface area contributed by atoms with Crippen LogP contribution in [0.1, 0.15) is 78.6 Å². The molecule has 0 aromatic carbocycles. The lowest BCUT2D eigenvalue weighted by Crippen LogP contribution is -2.10. The largest absolute Gasteiger partial charge is 0.0625 e. The highest BCUT2D eigenvalue weighted by molar-refractivity contribution is 4.70. The summed E-state index contributed by atoms with van der Waals surface area (Å²) < 4.78 is 0. The first-order chi connectivity index (χ1) is 6.60. The topological polar surface area (TPSA) is 0 Å². The second-order valence-electron chi connectivity index (χ2n) is 6.11. The molecular formula is C14H28. The Labute approximate surface area is 90.5 Å². The molecule has 0 aromatic heterocycles. The molecule has 1 unspecified atom stereocenters. The van der Waals surface area contributed by atoms with Crippen molar-refractivity contribution in [1.82, 2.24) is 0 Å². The molecule has 0 spiro atoms. The lowest BCUT2D eigenvalue weighted by atomic mass is 9.82. The minimum atomic E-state index is 0.619. The van der Waals surface area contributed by atoms with E-state index in [-0.39, 0.29) is 0 Å². The molecule has 1 fully saturated rings. The van der Waals surface area contributed by atoms with Gasteiger partial charge in [0.2, 0.25) is 0 Å². The predicted molar refractivity (Wildman–Crippen MR) is 64.5 cm³/mol. The van der Waals surface area contributed by atoms with E-state index in [0.717, 1.165) is 5.92 Å². The van der Waals surface area contributed by atoms with Crippen molar-refractivity contribution < 1.29 is 0 Å². The Balaban J connectivity index is 2.34. The summed E-state index contributed by atoms with van der Waals surface area (Å²) >= 11 is 0. The van der Waals surface area contributed by atoms with Crippen molar-refractivity contribution in [3.63, 3.8) is 0 Å². The zero-order valence-corrected chi connectivity index (χ0v) is 10.4. The molecule has 0 bridgehead atoms. The van der Waals surface area contributed by atoms with E-state index in [0.29, 0.717) is 5.41 Å². The standard InChI is InChI=1S/C14H28/c1-13-9-5-4-7-11-14(2,3)12-8-6-10-13/h13H,4-12H2,1-3H3. The van der Waals surface area contributed by atoms with Crippen LogP contribution in [0.15, 0.2) is 0 Å². The van der Waals surface area contributed by atoms with Gasteiger partial charge in [-0.2, -0.15) is 0 Å². The maximum atomic E-state index is 2.45. The van der Waals surface area contributed by atoms with Gasteiger partial charge in [0.15, 0.2) is 0 Å². The SMILES string of the molecule is CC1CCCCCC(C)(C)CCCC1. The summed E-state index contributed by atoms with van der Waals surface area (Å²) in [7, 11) is 0. The van der Waals surface area contributed by atoms with Crippen LogP contribution in [0.2, 0.25) is 0 Å². The van der Waals surface area contributed by atoms with Crippen LogP contribution in [0, 0.1) is 11.3 Å². The van der Waals surface area contributed by atoms with Gasteiger partial charge in [0.05, 0.1) is 0 Å². The molecular weight excluding hydrogens is 168 g/mol. The molecule has 0 saturated heterocycles. The zero-order chi connectivity index (χ0) is 10.4. The van der Waals surface area contributed by atoms with Crippen LogP contribution in [0.3, 0.4) is 0 Å². The van der Waals surface area contributed by atoms with Crippen molar-refractivity contribution in [2.75, 3.05) is 0 Å². The van der Waals surface area contributed by atoms with E-state index >= 15 is 0 Å². The molecule has 0 N–H and O–H groups in total. The Bertz CT molecular complexity index is 146. The lowest BCUT2D eigenvalue weighted by molar-refractivity contribution is 0.285. The molecule has 0 heterocycles. The molecule has 0 radical (unpaired) electrons. The molecule has 0 aromatic rings. The quantitative estimate of drug-likeness (QED) is 0.501. The summed E-state index contributed by atoms with van der Waals surface area (Å²) in [6.07, 6.45) is 13.1. The highest BCUT2D eigenvalue weighted by Crippen LogP contribution is 2.32. The first kappa shape index (κ1) is 12.1. The van der Waals surface area contributed by atoms with Gasteiger partial charge in [0.25, 0.3) is 0 Å². The van der Waals surface area contributed by atoms with Crippen LogP contribution in [0.25, 0.3) is 0 Å². The van der Waals surface area contributed by atoms with E-state index in [2.05, 4.69) is 20.8 Å². The van der Waals surface area contributed by atoms with E-state index in [1.807, 2.05) is 0 Å². The van der Waals surface area contributed by atoms with Crippen molar-refractivity contribution in [3.8, 4) is 0 Å². The fourth-order valence-corrected chi connectivity index (χ4v) is 2.64. The van der Waals surface area contributed by atoms with Crippen LogP contribution in [-0.2, 0) is 0 Å². The highest BCUT2D eigenvalue weighted by atomic mass is 14.2. The molecule has 0 nitrogen and oxygen atoms in total. The van der Waals surface area contributed by atoms with E-state index in [9.17, 15) is 0 Å². The Hall–Kier alpha value is 0. The molecule has 1 atom stereocenters. The van der Waals surface area contributed by atoms with Gasteiger partial charge in [-0.3, -0.25) is 0 Å². The number of rotatable bonds is 0. The maximum Gasteiger partial charge on any atom is -0.0354 e. The van der Waals surface area contributed by atoms with Crippen LogP contribution in [0.4, 0.5) is 0 Å². The predicted octanol–water partition coefficient (Wildman–Crippen LogP) is 5.17. The average molecular weight is 196 g/mol. The summed E-state index contributed by atoms with van der Waals surface area (Å²) in [5.74, 6) is 0.983. The van der Waals surface area contributed by atoms with Gasteiger partial charge in [0.1, 0.15) is 0 Å². The fourth-order valence-electron chi connectivity index (χ4n) is 2.64. The van der Waals surface area contributed by atoms with Crippen molar-refractivity contribution in [2.45, 2.75) is 78.6 Å². The van der Waals surface area contributed by atoms with Crippen molar-refractivity contribution in [3.05, 3.63) is 0 Å². The minimum absolute atomic E-state index is 0.619. The van der Waals surface area contributed by atoms with Crippen LogP contribution in [-0.4, -0.2) is 0 Å². The van der Waals surface area contributed by atoms with Crippen molar-refractivity contribution in [1.29, 1.82) is 0 Å². The number of hydrogen-bond acceptors (Lipinski definition) is 0. The third kappa shape index (κ3) is 5.02. The summed E-state index contributed by atoms with van der Waals surface area (Å²) in [5, 5.41) is 0. The molecule has 0 heteroatoms.